The summed E-state index contributed by atoms with van der Waals surface area (Å²) in [4.78, 5) is 25.0. The molecular weight excluding hydrogens is 334 g/mol. The molecule has 0 spiro atoms. The number of aromatic nitrogens is 2. The lowest BCUT2D eigenvalue weighted by molar-refractivity contribution is -0.116. The van der Waals surface area contributed by atoms with Crippen LogP contribution in [0.5, 0.6) is 11.5 Å². The Kier molecular flexibility index (Phi) is 4.71. The summed E-state index contributed by atoms with van der Waals surface area (Å²) in [6.45, 7) is 1.79. The number of hydrogen-bond acceptors (Lipinski definition) is 4. The number of carbonyl (C=O) groups is 1. The first kappa shape index (κ1) is 17.6. The zero-order valence-electron chi connectivity index (χ0n) is 15.2. The van der Waals surface area contributed by atoms with Gasteiger partial charge in [-0.1, -0.05) is 12.1 Å². The predicted molar refractivity (Wildman–Crippen MR) is 100 cm³/mol. The summed E-state index contributed by atoms with van der Waals surface area (Å²) in [5, 5.41) is 2.84. The molecule has 1 heterocycles. The van der Waals surface area contributed by atoms with Crippen LogP contribution in [0.1, 0.15) is 5.56 Å². The summed E-state index contributed by atoms with van der Waals surface area (Å²) >= 11 is 0. The third-order valence-corrected chi connectivity index (χ3v) is 4.36. The molecule has 1 amide bonds. The molecule has 1 aromatic heterocycles. The average Bonchev–Trinajstić information content (AvgIpc) is 2.88. The first-order valence-electron chi connectivity index (χ1n) is 8.13. The zero-order chi connectivity index (χ0) is 18.8. The molecule has 0 aliphatic heterocycles. The minimum atomic E-state index is -0.293. The van der Waals surface area contributed by atoms with E-state index in [1.807, 2.05) is 31.2 Å². The Labute approximate surface area is 150 Å². The Morgan fingerprint density at radius 2 is 1.69 bits per heavy atom. The minimum Gasteiger partial charge on any atom is -0.493 e. The number of fused-ring (bicyclic) bond motifs is 1. The summed E-state index contributed by atoms with van der Waals surface area (Å²) < 4.78 is 13.5. The SMILES string of the molecule is COc1cc(C)c(NC(=O)Cn2c(=O)n(C)c3ccccc32)cc1OC. The van der Waals surface area contributed by atoms with Gasteiger partial charge in [0.1, 0.15) is 6.54 Å². The highest BCUT2D eigenvalue weighted by atomic mass is 16.5. The van der Waals surface area contributed by atoms with Crippen LogP contribution in [0.25, 0.3) is 11.0 Å². The molecular formula is C19H21N3O4. The number of nitrogens with zero attached hydrogens (tertiary/aromatic N) is 2. The van der Waals surface area contributed by atoms with E-state index in [9.17, 15) is 9.59 Å². The Hall–Kier alpha value is -3.22. The molecule has 0 unspecified atom stereocenters. The molecule has 136 valence electrons. The van der Waals surface area contributed by atoms with Crippen molar-refractivity contribution >= 4 is 22.6 Å². The van der Waals surface area contributed by atoms with Crippen molar-refractivity contribution in [3.63, 3.8) is 0 Å². The maximum Gasteiger partial charge on any atom is 0.329 e. The maximum atomic E-state index is 12.5. The molecule has 0 radical (unpaired) electrons. The fraction of sp³-hybridized carbons (Fsp3) is 0.263. The van der Waals surface area contributed by atoms with E-state index in [4.69, 9.17) is 9.47 Å². The van der Waals surface area contributed by atoms with E-state index in [1.165, 1.54) is 16.2 Å². The molecule has 1 N–H and O–H groups in total. The van der Waals surface area contributed by atoms with Crippen LogP contribution in [-0.2, 0) is 18.4 Å². The number of hydrogen-bond donors (Lipinski definition) is 1. The highest BCUT2D eigenvalue weighted by Gasteiger charge is 2.15. The van der Waals surface area contributed by atoms with Crippen molar-refractivity contribution in [2.24, 2.45) is 7.05 Å². The molecule has 2 aromatic carbocycles. The number of para-hydroxylation sites is 2. The number of anilines is 1. The molecule has 0 aliphatic carbocycles. The van der Waals surface area contributed by atoms with Gasteiger partial charge in [-0.25, -0.2) is 4.79 Å². The molecule has 0 aliphatic rings. The lowest BCUT2D eigenvalue weighted by atomic mass is 10.1. The highest BCUT2D eigenvalue weighted by molar-refractivity contribution is 5.92. The van der Waals surface area contributed by atoms with E-state index in [0.29, 0.717) is 17.2 Å². The average molecular weight is 355 g/mol. The molecule has 3 aromatic rings. The zero-order valence-corrected chi connectivity index (χ0v) is 15.2. The molecule has 26 heavy (non-hydrogen) atoms. The van der Waals surface area contributed by atoms with Crippen LogP contribution in [0.3, 0.4) is 0 Å². The Bertz CT molecular complexity index is 1030. The topological polar surface area (TPSA) is 74.5 Å². The van der Waals surface area contributed by atoms with Gasteiger partial charge in [-0.3, -0.25) is 13.9 Å². The summed E-state index contributed by atoms with van der Waals surface area (Å²) in [6.07, 6.45) is 0. The largest absolute Gasteiger partial charge is 0.493 e. The molecule has 0 saturated heterocycles. The monoisotopic (exact) mass is 355 g/mol. The van der Waals surface area contributed by atoms with Crippen LogP contribution >= 0.6 is 0 Å². The molecule has 0 fully saturated rings. The molecule has 3 rings (SSSR count). The van der Waals surface area contributed by atoms with Crippen molar-refractivity contribution < 1.29 is 14.3 Å². The summed E-state index contributed by atoms with van der Waals surface area (Å²) in [6, 6.07) is 10.9. The third kappa shape index (κ3) is 3.03. The van der Waals surface area contributed by atoms with E-state index >= 15 is 0 Å². The maximum absolute atomic E-state index is 12.5. The van der Waals surface area contributed by atoms with Crippen molar-refractivity contribution in [3.05, 3.63) is 52.4 Å². The summed E-state index contributed by atoms with van der Waals surface area (Å²) in [5.74, 6) is 0.822. The molecule has 7 nitrogen and oxygen atoms in total. The van der Waals surface area contributed by atoms with Crippen LogP contribution in [-0.4, -0.2) is 29.3 Å². The number of benzene rings is 2. The van der Waals surface area contributed by atoms with Crippen LogP contribution in [0.15, 0.2) is 41.2 Å². The minimum absolute atomic E-state index is 0.0754. The van der Waals surface area contributed by atoms with Crippen LogP contribution in [0.2, 0.25) is 0 Å². The lowest BCUT2D eigenvalue weighted by Gasteiger charge is -2.14. The highest BCUT2D eigenvalue weighted by Crippen LogP contribution is 2.32. The van der Waals surface area contributed by atoms with E-state index in [0.717, 1.165) is 16.6 Å². The van der Waals surface area contributed by atoms with Gasteiger partial charge in [-0.05, 0) is 30.7 Å². The van der Waals surface area contributed by atoms with E-state index in [-0.39, 0.29) is 18.1 Å². The number of imidazole rings is 1. The Balaban J connectivity index is 1.89. The molecule has 7 heteroatoms. The molecule has 0 saturated carbocycles. The third-order valence-electron chi connectivity index (χ3n) is 4.36. The summed E-state index contributed by atoms with van der Waals surface area (Å²) in [5.41, 5.74) is 2.72. The summed E-state index contributed by atoms with van der Waals surface area (Å²) in [7, 11) is 4.79. The molecule has 0 bridgehead atoms. The van der Waals surface area contributed by atoms with Crippen molar-refractivity contribution in [3.8, 4) is 11.5 Å². The normalized spacial score (nSPS) is 10.8. The van der Waals surface area contributed by atoms with Gasteiger partial charge in [0.05, 0.1) is 25.3 Å². The van der Waals surface area contributed by atoms with Gasteiger partial charge >= 0.3 is 5.69 Å². The van der Waals surface area contributed by atoms with E-state index in [2.05, 4.69) is 5.32 Å². The van der Waals surface area contributed by atoms with Crippen molar-refractivity contribution in [2.45, 2.75) is 13.5 Å². The Morgan fingerprint density at radius 3 is 2.35 bits per heavy atom. The second-order valence-electron chi connectivity index (χ2n) is 5.99. The fourth-order valence-corrected chi connectivity index (χ4v) is 2.96. The second kappa shape index (κ2) is 6.95. The number of carbonyl (C=O) groups excluding carboxylic acids is 1. The number of nitrogens with one attached hydrogen (secondary N) is 1. The first-order chi connectivity index (χ1) is 12.5. The number of amides is 1. The van der Waals surface area contributed by atoms with Gasteiger partial charge in [0.15, 0.2) is 11.5 Å². The second-order valence-corrected chi connectivity index (χ2v) is 5.99. The van der Waals surface area contributed by atoms with E-state index < -0.39 is 0 Å². The molecule has 0 atom stereocenters. The van der Waals surface area contributed by atoms with Crippen LogP contribution in [0, 0.1) is 6.92 Å². The Morgan fingerprint density at radius 1 is 1.08 bits per heavy atom. The lowest BCUT2D eigenvalue weighted by Crippen LogP contribution is -2.28. The number of methoxy groups -OCH3 is 2. The van der Waals surface area contributed by atoms with Gasteiger partial charge < -0.3 is 14.8 Å². The first-order valence-corrected chi connectivity index (χ1v) is 8.13. The predicted octanol–water partition coefficient (Wildman–Crippen LogP) is 2.30. The smallest absolute Gasteiger partial charge is 0.329 e. The van der Waals surface area contributed by atoms with Crippen molar-refractivity contribution in [1.29, 1.82) is 0 Å². The van der Waals surface area contributed by atoms with Crippen molar-refractivity contribution in [2.75, 3.05) is 19.5 Å². The standard InChI is InChI=1S/C19H21N3O4/c1-12-9-16(25-3)17(26-4)10-13(12)20-18(23)11-22-15-8-6-5-7-14(15)21(2)19(22)24/h5-10H,11H2,1-4H3,(H,20,23). The van der Waals surface area contributed by atoms with Crippen LogP contribution in [0.4, 0.5) is 5.69 Å². The van der Waals surface area contributed by atoms with Gasteiger partial charge in [0.2, 0.25) is 5.91 Å². The quantitative estimate of drug-likeness (QED) is 0.762. The van der Waals surface area contributed by atoms with Gasteiger partial charge in [-0.15, -0.1) is 0 Å². The number of ether oxygens (including phenoxy) is 2. The van der Waals surface area contributed by atoms with Gasteiger partial charge in [0.25, 0.3) is 0 Å². The van der Waals surface area contributed by atoms with Gasteiger partial charge in [0, 0.05) is 18.8 Å². The number of rotatable bonds is 5. The van der Waals surface area contributed by atoms with Crippen molar-refractivity contribution in [1.82, 2.24) is 9.13 Å². The van der Waals surface area contributed by atoms with Gasteiger partial charge in [-0.2, -0.15) is 0 Å². The van der Waals surface area contributed by atoms with Crippen LogP contribution < -0.4 is 20.5 Å². The van der Waals surface area contributed by atoms with E-state index in [1.54, 1.807) is 26.3 Å². The number of aryl methyl sites for hydroxylation is 2. The fourth-order valence-electron chi connectivity index (χ4n) is 2.96.